The highest BCUT2D eigenvalue weighted by atomic mass is 32.2. The first-order valence-electron chi connectivity index (χ1n) is 8.47. The van der Waals surface area contributed by atoms with Gasteiger partial charge in [-0.05, 0) is 31.9 Å². The second-order valence-electron chi connectivity index (χ2n) is 6.66. The van der Waals surface area contributed by atoms with Crippen molar-refractivity contribution < 1.29 is 12.9 Å². The van der Waals surface area contributed by atoms with Gasteiger partial charge in [0.2, 0.25) is 21.7 Å². The number of hydrogen-bond acceptors (Lipinski definition) is 7. The average molecular weight is 390 g/mol. The van der Waals surface area contributed by atoms with E-state index >= 15 is 0 Å². The smallest absolute Gasteiger partial charge is 0.245 e. The third kappa shape index (κ3) is 3.76. The van der Waals surface area contributed by atoms with Gasteiger partial charge in [0.1, 0.15) is 10.9 Å². The molecule has 0 aromatic carbocycles. The maximum atomic E-state index is 13.0. The number of hydrogen-bond donors (Lipinski definition) is 1. The van der Waals surface area contributed by atoms with Crippen molar-refractivity contribution in [1.29, 1.82) is 0 Å². The minimum atomic E-state index is -3.82. The van der Waals surface area contributed by atoms with E-state index in [4.69, 9.17) is 4.52 Å². The summed E-state index contributed by atoms with van der Waals surface area (Å²) in [7, 11) is -2.11. The summed E-state index contributed by atoms with van der Waals surface area (Å²) in [5.74, 6) is 0.480. The lowest BCUT2D eigenvalue weighted by molar-refractivity contribution is 0.311. The monoisotopic (exact) mass is 390 g/mol. The fourth-order valence-corrected chi connectivity index (χ4v) is 4.60. The quantitative estimate of drug-likeness (QED) is 0.685. The maximum Gasteiger partial charge on any atom is 0.245 e. The normalized spacial score (nSPS) is 13.3. The molecule has 0 aliphatic heterocycles. The number of aromatic nitrogens is 5. The van der Waals surface area contributed by atoms with Gasteiger partial charge in [-0.3, -0.25) is 9.67 Å². The predicted molar refractivity (Wildman–Crippen MR) is 98.1 cm³/mol. The van der Waals surface area contributed by atoms with Crippen molar-refractivity contribution in [2.45, 2.75) is 38.6 Å². The van der Waals surface area contributed by atoms with E-state index in [1.807, 2.05) is 13.8 Å². The molecule has 1 atom stereocenters. The summed E-state index contributed by atoms with van der Waals surface area (Å²) < 4.78 is 35.6. The van der Waals surface area contributed by atoms with Crippen LogP contribution in [0.2, 0.25) is 0 Å². The van der Waals surface area contributed by atoms with Crippen LogP contribution in [0.15, 0.2) is 33.9 Å². The molecule has 3 heterocycles. The van der Waals surface area contributed by atoms with Crippen LogP contribution in [-0.2, 0) is 17.1 Å². The second kappa shape index (κ2) is 7.20. The Hall–Kier alpha value is -2.59. The summed E-state index contributed by atoms with van der Waals surface area (Å²) in [6.07, 6.45) is 3.25. The van der Waals surface area contributed by atoms with Gasteiger partial charge in [-0.15, -0.1) is 0 Å². The lowest BCUT2D eigenvalue weighted by atomic mass is 10.1. The predicted octanol–water partition coefficient (Wildman–Crippen LogP) is 2.16. The summed E-state index contributed by atoms with van der Waals surface area (Å²) in [4.78, 5) is 8.50. The van der Waals surface area contributed by atoms with Crippen LogP contribution in [0.5, 0.6) is 0 Å². The largest absolute Gasteiger partial charge is 0.337 e. The Morgan fingerprint density at radius 2 is 1.85 bits per heavy atom. The molecule has 1 N–H and O–H groups in total. The second-order valence-corrected chi connectivity index (χ2v) is 8.31. The van der Waals surface area contributed by atoms with E-state index in [-0.39, 0.29) is 16.7 Å². The van der Waals surface area contributed by atoms with Crippen molar-refractivity contribution in [3.63, 3.8) is 0 Å². The summed E-state index contributed by atoms with van der Waals surface area (Å²) in [5.41, 5.74) is 1.74. The fraction of sp³-hybridized carbons (Fsp3) is 0.412. The first kappa shape index (κ1) is 19.2. The Morgan fingerprint density at radius 1 is 1.19 bits per heavy atom. The van der Waals surface area contributed by atoms with Crippen LogP contribution in [0.4, 0.5) is 0 Å². The van der Waals surface area contributed by atoms with E-state index in [1.165, 1.54) is 0 Å². The van der Waals surface area contributed by atoms with Crippen molar-refractivity contribution in [1.82, 2.24) is 29.6 Å². The van der Waals surface area contributed by atoms with Crippen molar-refractivity contribution >= 4 is 10.0 Å². The lowest BCUT2D eigenvalue weighted by Crippen LogP contribution is -2.32. The van der Waals surface area contributed by atoms with Crippen LogP contribution in [0.25, 0.3) is 11.4 Å². The van der Waals surface area contributed by atoms with E-state index in [2.05, 4.69) is 24.9 Å². The molecule has 10 heteroatoms. The number of aryl methyl sites for hydroxylation is 2. The third-order valence-corrected chi connectivity index (χ3v) is 6.00. The first-order chi connectivity index (χ1) is 12.7. The summed E-state index contributed by atoms with van der Waals surface area (Å²) in [6, 6.07) is 2.84. The van der Waals surface area contributed by atoms with Crippen LogP contribution in [-0.4, -0.2) is 33.3 Å². The molecule has 3 rings (SSSR count). The van der Waals surface area contributed by atoms with Gasteiger partial charge in [0.05, 0.1) is 11.4 Å². The van der Waals surface area contributed by atoms with Crippen LogP contribution in [0.1, 0.15) is 37.2 Å². The third-order valence-electron chi connectivity index (χ3n) is 4.31. The van der Waals surface area contributed by atoms with Gasteiger partial charge in [-0.25, -0.2) is 8.42 Å². The van der Waals surface area contributed by atoms with Crippen LogP contribution in [0, 0.1) is 19.8 Å². The Labute approximate surface area is 157 Å². The van der Waals surface area contributed by atoms with Gasteiger partial charge in [-0.2, -0.15) is 14.8 Å². The molecule has 3 aromatic heterocycles. The molecule has 0 aliphatic carbocycles. The zero-order chi connectivity index (χ0) is 19.8. The lowest BCUT2D eigenvalue weighted by Gasteiger charge is -2.18. The maximum absolute atomic E-state index is 13.0. The van der Waals surface area contributed by atoms with Gasteiger partial charge in [0.25, 0.3) is 0 Å². The van der Waals surface area contributed by atoms with Crippen molar-refractivity contribution in [2.24, 2.45) is 13.0 Å². The molecular weight excluding hydrogens is 368 g/mol. The number of pyridine rings is 1. The number of nitrogens with one attached hydrogen (secondary N) is 1. The van der Waals surface area contributed by atoms with E-state index in [0.717, 1.165) is 5.56 Å². The first-order valence-corrected chi connectivity index (χ1v) is 9.95. The SMILES string of the molecule is Cc1nn(C)c(C)c1S(=O)(=O)NC(c1nc(-c2ccncc2)no1)C(C)C. The Morgan fingerprint density at radius 3 is 2.41 bits per heavy atom. The highest BCUT2D eigenvalue weighted by Crippen LogP contribution is 2.27. The van der Waals surface area contributed by atoms with Gasteiger partial charge in [0.15, 0.2) is 0 Å². The molecule has 0 saturated carbocycles. The highest BCUT2D eigenvalue weighted by Gasteiger charge is 2.32. The van der Waals surface area contributed by atoms with Crippen LogP contribution < -0.4 is 4.72 Å². The summed E-state index contributed by atoms with van der Waals surface area (Å²) in [6.45, 7) is 7.15. The number of rotatable bonds is 6. The number of sulfonamides is 1. The minimum Gasteiger partial charge on any atom is -0.337 e. The van der Waals surface area contributed by atoms with Gasteiger partial charge in [-0.1, -0.05) is 19.0 Å². The van der Waals surface area contributed by atoms with Gasteiger partial charge in [0, 0.05) is 25.0 Å². The molecule has 1 unspecified atom stereocenters. The van der Waals surface area contributed by atoms with Crippen molar-refractivity contribution in [3.8, 4) is 11.4 Å². The molecule has 0 saturated heterocycles. The van der Waals surface area contributed by atoms with Gasteiger partial charge < -0.3 is 4.52 Å². The zero-order valence-corrected chi connectivity index (χ0v) is 16.6. The highest BCUT2D eigenvalue weighted by molar-refractivity contribution is 7.89. The Kier molecular flexibility index (Phi) is 5.11. The Balaban J connectivity index is 1.94. The molecule has 0 aliphatic rings. The van der Waals surface area contributed by atoms with Crippen molar-refractivity contribution in [3.05, 3.63) is 41.8 Å². The molecule has 0 spiro atoms. The molecule has 3 aromatic rings. The van der Waals surface area contributed by atoms with E-state index in [0.29, 0.717) is 17.2 Å². The molecule has 144 valence electrons. The van der Waals surface area contributed by atoms with Crippen LogP contribution >= 0.6 is 0 Å². The summed E-state index contributed by atoms with van der Waals surface area (Å²) in [5, 5.41) is 8.15. The standard InChI is InChI=1S/C17H22N6O3S/c1-10(2)14(17-19-16(21-26-17)13-6-8-18-9-7-13)22-27(24,25)15-11(3)20-23(5)12(15)4/h6-10,14,22H,1-5H3. The van der Waals surface area contributed by atoms with E-state index < -0.39 is 16.1 Å². The molecule has 0 radical (unpaired) electrons. The molecule has 0 amide bonds. The fourth-order valence-electron chi connectivity index (χ4n) is 2.82. The molecule has 9 nitrogen and oxygen atoms in total. The van der Waals surface area contributed by atoms with E-state index in [9.17, 15) is 8.42 Å². The average Bonchev–Trinajstić information content (AvgIpc) is 3.19. The van der Waals surface area contributed by atoms with E-state index in [1.54, 1.807) is 50.1 Å². The van der Waals surface area contributed by atoms with Crippen LogP contribution in [0.3, 0.4) is 0 Å². The molecule has 0 bridgehead atoms. The molecule has 0 fully saturated rings. The topological polar surface area (TPSA) is 116 Å². The Bertz CT molecular complexity index is 1040. The van der Waals surface area contributed by atoms with Crippen molar-refractivity contribution in [2.75, 3.05) is 0 Å². The zero-order valence-electron chi connectivity index (χ0n) is 15.8. The van der Waals surface area contributed by atoms with Gasteiger partial charge >= 0.3 is 0 Å². The molecular formula is C17H22N6O3S. The molecule has 27 heavy (non-hydrogen) atoms. The number of nitrogens with zero attached hydrogens (tertiary/aromatic N) is 5. The minimum absolute atomic E-state index is 0.109. The summed E-state index contributed by atoms with van der Waals surface area (Å²) >= 11 is 0.